The lowest BCUT2D eigenvalue weighted by Gasteiger charge is -2.33. The Labute approximate surface area is 178 Å². The van der Waals surface area contributed by atoms with Crippen molar-refractivity contribution in [1.82, 2.24) is 19.9 Å². The number of anilines is 1. The molecule has 1 unspecified atom stereocenters. The normalized spacial score (nSPS) is 16.9. The molecule has 0 spiro atoms. The van der Waals surface area contributed by atoms with E-state index < -0.39 is 0 Å². The molecule has 158 valence electrons. The van der Waals surface area contributed by atoms with Crippen LogP contribution in [0, 0.1) is 11.8 Å². The summed E-state index contributed by atoms with van der Waals surface area (Å²) in [4.78, 5) is 24.2. The van der Waals surface area contributed by atoms with Crippen molar-refractivity contribution >= 4 is 22.9 Å². The number of carbonyl (C=O) groups excluding carboxylic acids is 1. The third-order valence-electron chi connectivity index (χ3n) is 5.83. The van der Waals surface area contributed by atoms with E-state index in [4.69, 9.17) is 4.98 Å². The van der Waals surface area contributed by atoms with Gasteiger partial charge in [0.2, 0.25) is 11.9 Å². The smallest absolute Gasteiger partial charge is 0.225 e. The summed E-state index contributed by atoms with van der Waals surface area (Å²) in [6, 6.07) is 12.2. The van der Waals surface area contributed by atoms with Crippen LogP contribution in [0.1, 0.15) is 38.7 Å². The highest BCUT2D eigenvalue weighted by Gasteiger charge is 2.28. The minimum Gasteiger partial charge on any atom is -0.352 e. The van der Waals surface area contributed by atoms with Crippen molar-refractivity contribution in [2.24, 2.45) is 11.8 Å². The van der Waals surface area contributed by atoms with E-state index in [1.54, 1.807) is 12.4 Å². The molecule has 0 saturated carbocycles. The van der Waals surface area contributed by atoms with Crippen LogP contribution in [0.25, 0.3) is 11.0 Å². The van der Waals surface area contributed by atoms with Gasteiger partial charge in [0.05, 0.1) is 17.0 Å². The molecule has 0 radical (unpaired) electrons. The van der Waals surface area contributed by atoms with Crippen LogP contribution in [0.2, 0.25) is 0 Å². The Morgan fingerprint density at radius 3 is 2.90 bits per heavy atom. The third kappa shape index (κ3) is 4.64. The fourth-order valence-electron chi connectivity index (χ4n) is 4.12. The van der Waals surface area contributed by atoms with Crippen molar-refractivity contribution in [2.45, 2.75) is 46.2 Å². The van der Waals surface area contributed by atoms with Gasteiger partial charge in [0.15, 0.2) is 0 Å². The van der Waals surface area contributed by atoms with Gasteiger partial charge in [-0.05, 0) is 48.9 Å². The number of carbonyl (C=O) groups is 1. The Morgan fingerprint density at radius 2 is 2.10 bits per heavy atom. The molecule has 6 heteroatoms. The summed E-state index contributed by atoms with van der Waals surface area (Å²) in [6.07, 6.45) is 6.57. The van der Waals surface area contributed by atoms with Gasteiger partial charge in [0, 0.05) is 38.6 Å². The van der Waals surface area contributed by atoms with E-state index in [1.807, 2.05) is 18.2 Å². The number of para-hydroxylation sites is 2. The molecule has 1 atom stereocenters. The number of aromatic nitrogens is 3. The van der Waals surface area contributed by atoms with Gasteiger partial charge in [-0.3, -0.25) is 9.78 Å². The topological polar surface area (TPSA) is 63.1 Å². The lowest BCUT2D eigenvalue weighted by molar-refractivity contribution is -0.125. The number of hydrogen-bond donors (Lipinski definition) is 1. The van der Waals surface area contributed by atoms with Crippen molar-refractivity contribution in [3.05, 3.63) is 54.4 Å². The number of hydrogen-bond acceptors (Lipinski definition) is 4. The van der Waals surface area contributed by atoms with Crippen molar-refractivity contribution in [1.29, 1.82) is 0 Å². The monoisotopic (exact) mass is 405 g/mol. The molecular formula is C24H31N5O. The van der Waals surface area contributed by atoms with Crippen LogP contribution in [-0.4, -0.2) is 33.5 Å². The van der Waals surface area contributed by atoms with Gasteiger partial charge >= 0.3 is 0 Å². The quantitative estimate of drug-likeness (QED) is 0.645. The van der Waals surface area contributed by atoms with Gasteiger partial charge in [0.25, 0.3) is 0 Å². The number of nitrogens with one attached hydrogen (secondary N) is 1. The van der Waals surface area contributed by atoms with E-state index in [9.17, 15) is 4.79 Å². The number of imidazole rings is 1. The van der Waals surface area contributed by atoms with Crippen molar-refractivity contribution in [3.8, 4) is 0 Å². The van der Waals surface area contributed by atoms with E-state index in [-0.39, 0.29) is 11.8 Å². The number of piperidine rings is 1. The van der Waals surface area contributed by atoms with E-state index in [0.717, 1.165) is 49.4 Å². The average Bonchev–Trinajstić information content (AvgIpc) is 3.15. The summed E-state index contributed by atoms with van der Waals surface area (Å²) in [6.45, 7) is 7.63. The standard InChI is InChI=1S/C24H31N5O/c1-18(2)11-14-29-22-10-4-3-9-21(22)27-24(29)28-13-6-8-20(17-28)23(30)26-16-19-7-5-12-25-15-19/h3-5,7,9-10,12,15,18,20H,6,8,11,13-14,16-17H2,1-2H3,(H,26,30). The van der Waals surface area contributed by atoms with Gasteiger partial charge in [-0.2, -0.15) is 0 Å². The summed E-state index contributed by atoms with van der Waals surface area (Å²) >= 11 is 0. The van der Waals surface area contributed by atoms with Crippen molar-refractivity contribution in [2.75, 3.05) is 18.0 Å². The predicted molar refractivity (Wildman–Crippen MR) is 120 cm³/mol. The van der Waals surface area contributed by atoms with Gasteiger partial charge in [-0.25, -0.2) is 4.98 Å². The molecule has 1 amide bonds. The number of rotatable bonds is 7. The molecule has 1 aromatic carbocycles. The lowest BCUT2D eigenvalue weighted by atomic mass is 9.97. The van der Waals surface area contributed by atoms with E-state index >= 15 is 0 Å². The summed E-state index contributed by atoms with van der Waals surface area (Å²) in [5, 5.41) is 3.09. The molecule has 0 bridgehead atoms. The van der Waals surface area contributed by atoms with Crippen LogP contribution in [0.5, 0.6) is 0 Å². The van der Waals surface area contributed by atoms with Crippen LogP contribution in [0.3, 0.4) is 0 Å². The first-order chi connectivity index (χ1) is 14.6. The van der Waals surface area contributed by atoms with Crippen LogP contribution in [-0.2, 0) is 17.9 Å². The Morgan fingerprint density at radius 1 is 1.23 bits per heavy atom. The zero-order chi connectivity index (χ0) is 20.9. The SMILES string of the molecule is CC(C)CCn1c(N2CCCC(C(=O)NCc3cccnc3)C2)nc2ccccc21. The zero-order valence-corrected chi connectivity index (χ0v) is 17.9. The second kappa shape index (κ2) is 9.28. The molecule has 1 aliphatic heterocycles. The highest BCUT2D eigenvalue weighted by atomic mass is 16.1. The molecule has 1 N–H and O–H groups in total. The fourth-order valence-corrected chi connectivity index (χ4v) is 4.12. The summed E-state index contributed by atoms with van der Waals surface area (Å²) in [7, 11) is 0. The first-order valence-corrected chi connectivity index (χ1v) is 11.0. The zero-order valence-electron chi connectivity index (χ0n) is 17.9. The number of aryl methyl sites for hydroxylation is 1. The molecule has 1 fully saturated rings. The van der Waals surface area contributed by atoms with E-state index in [2.05, 4.69) is 51.8 Å². The van der Waals surface area contributed by atoms with E-state index in [0.29, 0.717) is 19.0 Å². The van der Waals surface area contributed by atoms with Crippen LogP contribution in [0.4, 0.5) is 5.95 Å². The Bertz CT molecular complexity index is 982. The maximum Gasteiger partial charge on any atom is 0.225 e. The minimum atomic E-state index is -0.0196. The average molecular weight is 406 g/mol. The van der Waals surface area contributed by atoms with Gasteiger partial charge < -0.3 is 14.8 Å². The van der Waals surface area contributed by atoms with E-state index in [1.165, 1.54) is 5.52 Å². The third-order valence-corrected chi connectivity index (χ3v) is 5.83. The largest absolute Gasteiger partial charge is 0.352 e. The number of pyridine rings is 1. The first-order valence-electron chi connectivity index (χ1n) is 11.0. The lowest BCUT2D eigenvalue weighted by Crippen LogP contribution is -2.43. The second-order valence-electron chi connectivity index (χ2n) is 8.60. The minimum absolute atomic E-state index is 0.0196. The predicted octanol–water partition coefficient (Wildman–Crippen LogP) is 4.01. The molecule has 3 heterocycles. The molecular weight excluding hydrogens is 374 g/mol. The highest BCUT2D eigenvalue weighted by molar-refractivity contribution is 5.81. The molecule has 6 nitrogen and oxygen atoms in total. The molecule has 2 aromatic heterocycles. The second-order valence-corrected chi connectivity index (χ2v) is 8.60. The molecule has 4 rings (SSSR count). The summed E-state index contributed by atoms with van der Waals surface area (Å²) in [5.74, 6) is 1.73. The van der Waals surface area contributed by atoms with Crippen LogP contribution >= 0.6 is 0 Å². The number of amides is 1. The Kier molecular flexibility index (Phi) is 6.31. The highest BCUT2D eigenvalue weighted by Crippen LogP contribution is 2.28. The van der Waals surface area contributed by atoms with Gasteiger partial charge in [0.1, 0.15) is 0 Å². The number of fused-ring (bicyclic) bond motifs is 1. The molecule has 0 aliphatic carbocycles. The van der Waals surface area contributed by atoms with Crippen LogP contribution < -0.4 is 10.2 Å². The summed E-state index contributed by atoms with van der Waals surface area (Å²) in [5.41, 5.74) is 3.23. The fraction of sp³-hybridized carbons (Fsp3) is 0.458. The molecule has 3 aromatic rings. The molecule has 1 saturated heterocycles. The van der Waals surface area contributed by atoms with Gasteiger partial charge in [-0.1, -0.05) is 32.0 Å². The summed E-state index contributed by atoms with van der Waals surface area (Å²) < 4.78 is 2.34. The Balaban J connectivity index is 1.49. The van der Waals surface area contributed by atoms with Crippen molar-refractivity contribution < 1.29 is 4.79 Å². The number of nitrogens with zero attached hydrogens (tertiary/aromatic N) is 4. The van der Waals surface area contributed by atoms with Gasteiger partial charge in [-0.15, -0.1) is 0 Å². The molecule has 30 heavy (non-hydrogen) atoms. The number of benzene rings is 1. The maximum absolute atomic E-state index is 12.8. The molecule has 1 aliphatic rings. The van der Waals surface area contributed by atoms with Crippen molar-refractivity contribution in [3.63, 3.8) is 0 Å². The maximum atomic E-state index is 12.8. The Hall–Kier alpha value is -2.89. The van der Waals surface area contributed by atoms with Crippen LogP contribution in [0.15, 0.2) is 48.8 Å². The first kappa shape index (κ1) is 20.4.